The van der Waals surface area contributed by atoms with Crippen LogP contribution < -0.4 is 10.0 Å². The van der Waals surface area contributed by atoms with Gasteiger partial charge in [0.25, 0.3) is 0 Å². The molecule has 1 rings (SSSR count). The van der Waals surface area contributed by atoms with Crippen molar-refractivity contribution in [1.82, 2.24) is 10.0 Å². The minimum absolute atomic E-state index is 0.892. The quantitative estimate of drug-likeness (QED) is 0.510. The van der Waals surface area contributed by atoms with Crippen molar-refractivity contribution in [3.05, 3.63) is 0 Å². The lowest BCUT2D eigenvalue weighted by molar-refractivity contribution is 0.514. The molecule has 0 bridgehead atoms. The maximum atomic E-state index is 3.47. The van der Waals surface area contributed by atoms with Crippen LogP contribution in [0.1, 0.15) is 38.5 Å². The highest BCUT2D eigenvalue weighted by Crippen LogP contribution is 2.26. The molecule has 0 aliphatic heterocycles. The summed E-state index contributed by atoms with van der Waals surface area (Å²) in [6.45, 7) is 2.26. The molecule has 0 aromatic carbocycles. The van der Waals surface area contributed by atoms with Gasteiger partial charge in [0.2, 0.25) is 0 Å². The lowest BCUT2D eigenvalue weighted by Gasteiger charge is -2.20. The topological polar surface area (TPSA) is 24.1 Å². The fourth-order valence-corrected chi connectivity index (χ4v) is 2.76. The summed E-state index contributed by atoms with van der Waals surface area (Å²) in [4.78, 5) is 0. The van der Waals surface area contributed by atoms with E-state index in [-0.39, 0.29) is 0 Å². The zero-order valence-corrected chi connectivity index (χ0v) is 9.46. The van der Waals surface area contributed by atoms with E-state index < -0.39 is 0 Å². The van der Waals surface area contributed by atoms with Crippen LogP contribution in [0, 0.1) is 0 Å². The maximum absolute atomic E-state index is 3.47. The SMILES string of the molecule is CNCCCNSC1CCCCC1. The molecule has 2 nitrogen and oxygen atoms in total. The van der Waals surface area contributed by atoms with Crippen LogP contribution >= 0.6 is 11.9 Å². The Morgan fingerprint density at radius 1 is 1.15 bits per heavy atom. The van der Waals surface area contributed by atoms with Crippen LogP contribution in [0.4, 0.5) is 0 Å². The highest BCUT2D eigenvalue weighted by atomic mass is 32.2. The van der Waals surface area contributed by atoms with Crippen LogP contribution in [0.3, 0.4) is 0 Å². The summed E-state index contributed by atoms with van der Waals surface area (Å²) in [5.74, 6) is 0. The average Bonchev–Trinajstić information content (AvgIpc) is 2.19. The fraction of sp³-hybridized carbons (Fsp3) is 1.00. The minimum atomic E-state index is 0.892. The van der Waals surface area contributed by atoms with Gasteiger partial charge in [-0.2, -0.15) is 0 Å². The molecular weight excluding hydrogens is 180 g/mol. The fourth-order valence-electron chi connectivity index (χ4n) is 1.70. The van der Waals surface area contributed by atoms with Crippen molar-refractivity contribution >= 4 is 11.9 Å². The van der Waals surface area contributed by atoms with Crippen molar-refractivity contribution in [2.24, 2.45) is 0 Å². The molecule has 3 heteroatoms. The number of rotatable bonds is 6. The van der Waals surface area contributed by atoms with Gasteiger partial charge in [0.05, 0.1) is 0 Å². The largest absolute Gasteiger partial charge is 0.320 e. The summed E-state index contributed by atoms with van der Waals surface area (Å²) < 4.78 is 3.47. The normalized spacial score (nSPS) is 19.2. The van der Waals surface area contributed by atoms with E-state index in [0.717, 1.165) is 18.3 Å². The predicted molar refractivity (Wildman–Crippen MR) is 61.0 cm³/mol. The van der Waals surface area contributed by atoms with E-state index in [2.05, 4.69) is 10.0 Å². The molecular formula is C10H22N2S. The number of nitrogens with one attached hydrogen (secondary N) is 2. The lowest BCUT2D eigenvalue weighted by atomic mass is 10.0. The summed E-state index contributed by atoms with van der Waals surface area (Å²) in [6.07, 6.45) is 8.41. The van der Waals surface area contributed by atoms with Gasteiger partial charge in [-0.3, -0.25) is 4.72 Å². The first kappa shape index (κ1) is 11.3. The molecule has 0 amide bonds. The van der Waals surface area contributed by atoms with Crippen molar-refractivity contribution in [3.63, 3.8) is 0 Å². The van der Waals surface area contributed by atoms with E-state index in [0.29, 0.717) is 0 Å². The number of hydrogen-bond acceptors (Lipinski definition) is 3. The van der Waals surface area contributed by atoms with Gasteiger partial charge in [-0.15, -0.1) is 0 Å². The second-order valence-electron chi connectivity index (χ2n) is 3.73. The molecule has 2 N–H and O–H groups in total. The van der Waals surface area contributed by atoms with Gasteiger partial charge < -0.3 is 5.32 Å². The van der Waals surface area contributed by atoms with E-state index in [1.807, 2.05) is 19.0 Å². The molecule has 1 saturated carbocycles. The maximum Gasteiger partial charge on any atom is 0.0193 e. The van der Waals surface area contributed by atoms with E-state index in [9.17, 15) is 0 Å². The predicted octanol–water partition coefficient (Wildman–Crippen LogP) is 2.17. The lowest BCUT2D eigenvalue weighted by Crippen LogP contribution is -2.19. The molecule has 1 aliphatic rings. The van der Waals surface area contributed by atoms with Crippen LogP contribution in [-0.4, -0.2) is 25.4 Å². The molecule has 0 heterocycles. The molecule has 0 atom stereocenters. The Hall–Kier alpha value is 0.270. The Bertz CT molecular complexity index is 113. The Morgan fingerprint density at radius 2 is 1.92 bits per heavy atom. The zero-order valence-electron chi connectivity index (χ0n) is 8.64. The standard InChI is InChI=1S/C10H22N2S/c1-11-8-5-9-12-13-10-6-3-2-4-7-10/h10-12H,2-9H2,1H3. The van der Waals surface area contributed by atoms with Gasteiger partial charge in [-0.1, -0.05) is 31.2 Å². The van der Waals surface area contributed by atoms with Gasteiger partial charge in [0, 0.05) is 11.8 Å². The van der Waals surface area contributed by atoms with Crippen molar-refractivity contribution in [2.45, 2.75) is 43.8 Å². The molecule has 0 spiro atoms. The monoisotopic (exact) mass is 202 g/mol. The summed E-state index contributed by atoms with van der Waals surface area (Å²) in [5, 5.41) is 4.05. The van der Waals surface area contributed by atoms with Crippen LogP contribution in [0.15, 0.2) is 0 Å². The molecule has 1 fully saturated rings. The Labute approximate surface area is 86.4 Å². The molecule has 0 aromatic rings. The van der Waals surface area contributed by atoms with E-state index in [1.54, 1.807) is 0 Å². The van der Waals surface area contributed by atoms with Crippen molar-refractivity contribution in [1.29, 1.82) is 0 Å². The van der Waals surface area contributed by atoms with E-state index in [1.165, 1.54) is 38.5 Å². The number of hydrogen-bond donors (Lipinski definition) is 2. The van der Waals surface area contributed by atoms with E-state index in [4.69, 9.17) is 0 Å². The molecule has 78 valence electrons. The molecule has 1 aliphatic carbocycles. The smallest absolute Gasteiger partial charge is 0.0193 e. The third-order valence-corrected chi connectivity index (χ3v) is 3.68. The molecule has 0 saturated heterocycles. The first-order chi connectivity index (χ1) is 6.43. The highest BCUT2D eigenvalue weighted by molar-refractivity contribution is 7.98. The van der Waals surface area contributed by atoms with Crippen molar-refractivity contribution < 1.29 is 0 Å². The summed E-state index contributed by atoms with van der Waals surface area (Å²) in [5.41, 5.74) is 0. The van der Waals surface area contributed by atoms with Gasteiger partial charge in [0.15, 0.2) is 0 Å². The van der Waals surface area contributed by atoms with Crippen LogP contribution in [0.2, 0.25) is 0 Å². The van der Waals surface area contributed by atoms with Gasteiger partial charge >= 0.3 is 0 Å². The van der Waals surface area contributed by atoms with Gasteiger partial charge in [-0.05, 0) is 32.9 Å². The van der Waals surface area contributed by atoms with E-state index >= 15 is 0 Å². The van der Waals surface area contributed by atoms with Gasteiger partial charge in [-0.25, -0.2) is 0 Å². The van der Waals surface area contributed by atoms with Crippen LogP contribution in [0.5, 0.6) is 0 Å². The second-order valence-corrected chi connectivity index (χ2v) is 4.92. The van der Waals surface area contributed by atoms with Crippen molar-refractivity contribution in [3.8, 4) is 0 Å². The van der Waals surface area contributed by atoms with Crippen LogP contribution in [-0.2, 0) is 0 Å². The summed E-state index contributed by atoms with van der Waals surface area (Å²) in [7, 11) is 2.01. The molecule has 13 heavy (non-hydrogen) atoms. The van der Waals surface area contributed by atoms with Crippen molar-refractivity contribution in [2.75, 3.05) is 20.1 Å². The second kappa shape index (κ2) is 7.65. The summed E-state index contributed by atoms with van der Waals surface area (Å²) in [6, 6.07) is 0. The van der Waals surface area contributed by atoms with Gasteiger partial charge in [0.1, 0.15) is 0 Å². The Morgan fingerprint density at radius 3 is 2.62 bits per heavy atom. The highest BCUT2D eigenvalue weighted by Gasteiger charge is 2.12. The third kappa shape index (κ3) is 5.55. The minimum Gasteiger partial charge on any atom is -0.320 e. The molecule has 0 radical (unpaired) electrons. The third-order valence-electron chi connectivity index (χ3n) is 2.51. The summed E-state index contributed by atoms with van der Waals surface area (Å²) >= 11 is 1.97. The molecule has 0 unspecified atom stereocenters. The first-order valence-corrected chi connectivity index (χ1v) is 6.34. The molecule has 0 aromatic heterocycles. The zero-order chi connectivity index (χ0) is 9.36. The average molecular weight is 202 g/mol. The first-order valence-electron chi connectivity index (χ1n) is 5.46. The Balaban J connectivity index is 1.86. The Kier molecular flexibility index (Phi) is 6.68. The van der Waals surface area contributed by atoms with Crippen LogP contribution in [0.25, 0.3) is 0 Å².